The molecule has 0 saturated carbocycles. The van der Waals surface area contributed by atoms with E-state index >= 15 is 0 Å². The van der Waals surface area contributed by atoms with Crippen LogP contribution in [0.5, 0.6) is 5.75 Å². The predicted octanol–water partition coefficient (Wildman–Crippen LogP) is 5.95. The minimum atomic E-state index is -0.444. The van der Waals surface area contributed by atoms with Crippen LogP contribution in [0.3, 0.4) is 0 Å². The van der Waals surface area contributed by atoms with E-state index in [4.69, 9.17) is 16.3 Å². The average Bonchev–Trinajstić information content (AvgIpc) is 3.26. The van der Waals surface area contributed by atoms with Crippen LogP contribution in [0, 0.1) is 5.82 Å². The number of hydrogen-bond donors (Lipinski definition) is 2. The summed E-state index contributed by atoms with van der Waals surface area (Å²) in [4.78, 5) is 29.4. The van der Waals surface area contributed by atoms with E-state index in [1.165, 1.54) is 29.5 Å². The van der Waals surface area contributed by atoms with E-state index in [2.05, 4.69) is 15.6 Å². The molecule has 0 aliphatic carbocycles. The number of hydrogen-bond acceptors (Lipinski definition) is 5. The number of nitrogens with zero attached hydrogens (tertiary/aromatic N) is 1. The zero-order valence-electron chi connectivity index (χ0n) is 17.8. The Morgan fingerprint density at radius 1 is 0.971 bits per heavy atom. The fourth-order valence-electron chi connectivity index (χ4n) is 3.05. The lowest BCUT2D eigenvalue weighted by molar-refractivity contribution is -0.115. The molecule has 4 aromatic rings. The van der Waals surface area contributed by atoms with Gasteiger partial charge in [-0.1, -0.05) is 23.7 Å². The summed E-state index contributed by atoms with van der Waals surface area (Å²) < 4.78 is 19.0. The minimum absolute atomic E-state index is 0.0805. The fraction of sp³-hybridized carbons (Fsp3) is 0.0800. The zero-order valence-corrected chi connectivity index (χ0v) is 19.3. The minimum Gasteiger partial charge on any atom is -0.486 e. The number of rotatable bonds is 8. The summed E-state index contributed by atoms with van der Waals surface area (Å²) in [5.74, 6) is -0.439. The molecule has 9 heteroatoms. The van der Waals surface area contributed by atoms with Crippen LogP contribution in [0.1, 0.15) is 21.1 Å². The number of amides is 2. The second-order valence-electron chi connectivity index (χ2n) is 7.25. The molecule has 4 rings (SSSR count). The Morgan fingerprint density at radius 2 is 1.71 bits per heavy atom. The molecule has 0 aliphatic rings. The molecule has 34 heavy (non-hydrogen) atoms. The van der Waals surface area contributed by atoms with Crippen molar-refractivity contribution in [1.82, 2.24) is 4.98 Å². The predicted molar refractivity (Wildman–Crippen MR) is 131 cm³/mol. The van der Waals surface area contributed by atoms with E-state index in [9.17, 15) is 14.0 Å². The number of ether oxygens (including phenoxy) is 1. The van der Waals surface area contributed by atoms with Gasteiger partial charge in [-0.3, -0.25) is 9.59 Å². The number of nitrogens with one attached hydrogen (secondary N) is 2. The second-order valence-corrected chi connectivity index (χ2v) is 8.62. The summed E-state index contributed by atoms with van der Waals surface area (Å²) in [7, 11) is 0. The smallest absolute Gasteiger partial charge is 0.255 e. The Bertz CT molecular complexity index is 1310. The van der Waals surface area contributed by atoms with E-state index in [-0.39, 0.29) is 18.9 Å². The molecule has 0 unspecified atom stereocenters. The first kappa shape index (κ1) is 23.4. The molecule has 2 amide bonds. The van der Waals surface area contributed by atoms with Gasteiger partial charge in [0, 0.05) is 27.3 Å². The first-order valence-electron chi connectivity index (χ1n) is 10.2. The van der Waals surface area contributed by atoms with E-state index < -0.39 is 11.7 Å². The molecule has 0 saturated heterocycles. The van der Waals surface area contributed by atoms with Gasteiger partial charge < -0.3 is 15.4 Å². The molecular formula is C25H19ClFN3O3S. The van der Waals surface area contributed by atoms with Crippen molar-refractivity contribution in [3.8, 4) is 5.75 Å². The highest BCUT2D eigenvalue weighted by atomic mass is 35.5. The van der Waals surface area contributed by atoms with Crippen LogP contribution in [0.15, 0.2) is 78.2 Å². The monoisotopic (exact) mass is 495 g/mol. The molecule has 1 aromatic heterocycles. The maximum atomic E-state index is 13.3. The van der Waals surface area contributed by atoms with Gasteiger partial charge in [0.2, 0.25) is 5.91 Å². The lowest BCUT2D eigenvalue weighted by atomic mass is 10.1. The molecule has 0 fully saturated rings. The van der Waals surface area contributed by atoms with Crippen LogP contribution in [-0.4, -0.2) is 16.8 Å². The van der Waals surface area contributed by atoms with E-state index in [1.54, 1.807) is 54.6 Å². The molecule has 0 atom stereocenters. The van der Waals surface area contributed by atoms with Crippen LogP contribution in [0.2, 0.25) is 5.02 Å². The second kappa shape index (κ2) is 10.9. The zero-order chi connectivity index (χ0) is 23.9. The maximum absolute atomic E-state index is 13.3. The summed E-state index contributed by atoms with van der Waals surface area (Å²) in [6.07, 6.45) is 0.0805. The van der Waals surface area contributed by atoms with Gasteiger partial charge in [0.05, 0.1) is 12.1 Å². The van der Waals surface area contributed by atoms with Gasteiger partial charge in [-0.05, 0) is 60.7 Å². The third-order valence-electron chi connectivity index (χ3n) is 4.61. The highest BCUT2D eigenvalue weighted by molar-refractivity contribution is 7.09. The Balaban J connectivity index is 1.31. The molecule has 0 radical (unpaired) electrons. The lowest BCUT2D eigenvalue weighted by Crippen LogP contribution is -2.16. The van der Waals surface area contributed by atoms with Gasteiger partial charge in [-0.25, -0.2) is 9.37 Å². The van der Waals surface area contributed by atoms with Crippen LogP contribution in [-0.2, 0) is 17.8 Å². The van der Waals surface area contributed by atoms with E-state index in [1.807, 2.05) is 5.38 Å². The average molecular weight is 496 g/mol. The Morgan fingerprint density at radius 3 is 2.47 bits per heavy atom. The summed E-state index contributed by atoms with van der Waals surface area (Å²) in [5, 5.41) is 8.59. The maximum Gasteiger partial charge on any atom is 0.255 e. The number of aromatic nitrogens is 1. The van der Waals surface area contributed by atoms with E-state index in [0.717, 1.165) is 5.01 Å². The molecule has 1 heterocycles. The van der Waals surface area contributed by atoms with Crippen LogP contribution < -0.4 is 15.4 Å². The molecule has 2 N–H and O–H groups in total. The van der Waals surface area contributed by atoms with Crippen LogP contribution >= 0.6 is 22.9 Å². The highest BCUT2D eigenvalue weighted by Crippen LogP contribution is 2.19. The highest BCUT2D eigenvalue weighted by Gasteiger charge is 2.11. The van der Waals surface area contributed by atoms with Crippen molar-refractivity contribution in [3.63, 3.8) is 0 Å². The first-order chi connectivity index (χ1) is 16.4. The summed E-state index contributed by atoms with van der Waals surface area (Å²) in [5.41, 5.74) is 1.77. The summed E-state index contributed by atoms with van der Waals surface area (Å²) in [6, 6.07) is 19.2. The number of thiazole rings is 1. The summed E-state index contributed by atoms with van der Waals surface area (Å²) in [6.45, 7) is 0.288. The van der Waals surface area contributed by atoms with Gasteiger partial charge in [0.25, 0.3) is 5.91 Å². The Labute approximate surface area is 204 Å². The van der Waals surface area contributed by atoms with Crippen molar-refractivity contribution in [1.29, 1.82) is 0 Å². The van der Waals surface area contributed by atoms with Gasteiger partial charge in [0.1, 0.15) is 23.2 Å². The number of anilines is 2. The largest absolute Gasteiger partial charge is 0.486 e. The Kier molecular flexibility index (Phi) is 7.51. The fourth-order valence-corrected chi connectivity index (χ4v) is 3.88. The van der Waals surface area contributed by atoms with Crippen molar-refractivity contribution in [2.24, 2.45) is 0 Å². The quantitative estimate of drug-likeness (QED) is 0.316. The number of benzene rings is 3. The van der Waals surface area contributed by atoms with Crippen molar-refractivity contribution >= 4 is 46.1 Å². The Hall–Kier alpha value is -3.75. The molecule has 0 bridgehead atoms. The van der Waals surface area contributed by atoms with Crippen molar-refractivity contribution in [2.45, 2.75) is 13.0 Å². The van der Waals surface area contributed by atoms with Gasteiger partial charge >= 0.3 is 0 Å². The molecule has 0 aliphatic heterocycles. The lowest BCUT2D eigenvalue weighted by Gasteiger charge is -2.08. The SMILES string of the molecule is O=C(Cc1csc(COc2ccc(Cl)cc2)n1)Nc1cccc(C(=O)Nc2cccc(F)c2)c1. The molecule has 172 valence electrons. The third kappa shape index (κ3) is 6.63. The van der Waals surface area contributed by atoms with Crippen molar-refractivity contribution < 1.29 is 18.7 Å². The normalized spacial score (nSPS) is 10.5. The van der Waals surface area contributed by atoms with Crippen LogP contribution in [0.4, 0.5) is 15.8 Å². The molecular weight excluding hydrogens is 477 g/mol. The first-order valence-corrected chi connectivity index (χ1v) is 11.5. The van der Waals surface area contributed by atoms with Gasteiger partial charge in [-0.15, -0.1) is 11.3 Å². The standard InChI is InChI=1S/C25H19ClFN3O3S/c26-17-7-9-22(10-8-17)33-14-24-29-21(15-34-24)13-23(31)28-19-5-1-3-16(11-19)25(32)30-20-6-2-4-18(27)12-20/h1-12,15H,13-14H2,(H,28,31)(H,30,32). The number of carbonyl (C=O) groups is 2. The topological polar surface area (TPSA) is 80.3 Å². The summed E-state index contributed by atoms with van der Waals surface area (Å²) >= 11 is 7.27. The van der Waals surface area contributed by atoms with Gasteiger partial charge in [-0.2, -0.15) is 0 Å². The van der Waals surface area contributed by atoms with E-state index in [0.29, 0.717) is 33.4 Å². The number of halogens is 2. The van der Waals surface area contributed by atoms with Crippen LogP contribution in [0.25, 0.3) is 0 Å². The molecule has 3 aromatic carbocycles. The van der Waals surface area contributed by atoms with Gasteiger partial charge in [0.15, 0.2) is 0 Å². The molecule has 0 spiro atoms. The molecule has 6 nitrogen and oxygen atoms in total. The third-order valence-corrected chi connectivity index (χ3v) is 5.73. The van der Waals surface area contributed by atoms with Crippen molar-refractivity contribution in [2.75, 3.05) is 10.6 Å². The van der Waals surface area contributed by atoms with Crippen molar-refractivity contribution in [3.05, 3.63) is 105 Å². The number of carbonyl (C=O) groups excluding carboxylic acids is 2.